The van der Waals surface area contributed by atoms with Crippen LogP contribution in [0.2, 0.25) is 5.02 Å². The molecule has 0 spiro atoms. The number of thiocarbonyl (C=S) groups is 1. The number of carbonyl (C=O) groups is 2. The van der Waals surface area contributed by atoms with E-state index < -0.39 is 10.8 Å². The maximum Gasteiger partial charge on any atom is 0.252 e. The first-order chi connectivity index (χ1) is 13.3. The minimum atomic E-state index is -0.678. The molecule has 2 aromatic rings. The van der Waals surface area contributed by atoms with Crippen LogP contribution in [0.3, 0.4) is 0 Å². The third-order valence-electron chi connectivity index (χ3n) is 4.58. The number of amides is 2. The molecule has 1 heterocycles. The van der Waals surface area contributed by atoms with Gasteiger partial charge in [0.1, 0.15) is 10.4 Å². The predicted octanol–water partition coefficient (Wildman–Crippen LogP) is 4.21. The summed E-state index contributed by atoms with van der Waals surface area (Å²) in [5.74, 6) is -0.404. The van der Waals surface area contributed by atoms with E-state index in [1.54, 1.807) is 6.07 Å². The van der Waals surface area contributed by atoms with Crippen LogP contribution < -0.4 is 5.32 Å². The van der Waals surface area contributed by atoms with Crippen LogP contribution in [0.15, 0.2) is 54.6 Å². The first-order valence-electron chi connectivity index (χ1n) is 8.89. The Kier molecular flexibility index (Phi) is 6.43. The predicted molar refractivity (Wildman–Crippen MR) is 118 cm³/mol. The van der Waals surface area contributed by atoms with E-state index in [4.69, 9.17) is 23.8 Å². The van der Waals surface area contributed by atoms with Gasteiger partial charge in [-0.1, -0.05) is 84.1 Å². The maximum atomic E-state index is 13.2. The largest absolute Gasteiger partial charge is 0.343 e. The van der Waals surface area contributed by atoms with Crippen molar-refractivity contribution in [2.45, 2.75) is 37.6 Å². The van der Waals surface area contributed by atoms with Crippen molar-refractivity contribution in [3.63, 3.8) is 0 Å². The molecule has 0 radical (unpaired) electrons. The van der Waals surface area contributed by atoms with Crippen molar-refractivity contribution in [2.24, 2.45) is 0 Å². The lowest BCUT2D eigenvalue weighted by molar-refractivity contribution is -0.134. The zero-order chi connectivity index (χ0) is 20.3. The number of nitrogens with one attached hydrogen (secondary N) is 1. The first kappa shape index (κ1) is 20.8. The SMILES string of the molecule is CC1(C)SC(=S)N(Cc2ccccc2Cl)C(=O)C1NC(=O)Cc1ccccc1. The van der Waals surface area contributed by atoms with Crippen molar-refractivity contribution < 1.29 is 9.59 Å². The highest BCUT2D eigenvalue weighted by Crippen LogP contribution is 2.37. The fourth-order valence-electron chi connectivity index (χ4n) is 3.05. The van der Waals surface area contributed by atoms with Gasteiger partial charge in [-0.2, -0.15) is 0 Å². The molecular weight excluding hydrogens is 412 g/mol. The molecule has 1 aliphatic rings. The number of benzene rings is 2. The molecule has 3 rings (SSSR count). The smallest absolute Gasteiger partial charge is 0.252 e. The molecule has 1 fully saturated rings. The highest BCUT2D eigenvalue weighted by Gasteiger charge is 2.46. The third-order valence-corrected chi connectivity index (χ3v) is 6.57. The summed E-state index contributed by atoms with van der Waals surface area (Å²) < 4.78 is -0.0548. The summed E-state index contributed by atoms with van der Waals surface area (Å²) in [6, 6.07) is 16.1. The second-order valence-corrected chi connectivity index (χ2v) is 9.85. The van der Waals surface area contributed by atoms with Gasteiger partial charge < -0.3 is 5.32 Å². The highest BCUT2D eigenvalue weighted by atomic mass is 35.5. The molecule has 28 heavy (non-hydrogen) atoms. The summed E-state index contributed by atoms with van der Waals surface area (Å²) in [4.78, 5) is 27.3. The molecule has 7 heteroatoms. The Bertz CT molecular complexity index is 902. The second kappa shape index (κ2) is 8.64. The molecule has 1 atom stereocenters. The molecule has 1 unspecified atom stereocenters. The van der Waals surface area contributed by atoms with Crippen molar-refractivity contribution in [3.8, 4) is 0 Å². The first-order valence-corrected chi connectivity index (χ1v) is 10.5. The Balaban J connectivity index is 1.77. The van der Waals surface area contributed by atoms with Gasteiger partial charge in [0.2, 0.25) is 5.91 Å². The van der Waals surface area contributed by atoms with Crippen LogP contribution in [0, 0.1) is 0 Å². The van der Waals surface area contributed by atoms with Gasteiger partial charge in [0.25, 0.3) is 5.91 Å². The summed E-state index contributed by atoms with van der Waals surface area (Å²) in [5, 5.41) is 3.50. The van der Waals surface area contributed by atoms with E-state index in [-0.39, 0.29) is 24.8 Å². The monoisotopic (exact) mass is 432 g/mol. The van der Waals surface area contributed by atoms with E-state index >= 15 is 0 Å². The molecule has 146 valence electrons. The molecule has 1 N–H and O–H groups in total. The average molecular weight is 433 g/mol. The molecule has 2 amide bonds. The lowest BCUT2D eigenvalue weighted by Gasteiger charge is -2.42. The molecule has 0 saturated carbocycles. The van der Waals surface area contributed by atoms with Crippen LogP contribution in [0.1, 0.15) is 25.0 Å². The van der Waals surface area contributed by atoms with Gasteiger partial charge in [-0.05, 0) is 31.0 Å². The molecule has 4 nitrogen and oxygen atoms in total. The molecule has 0 aromatic heterocycles. The summed E-state index contributed by atoms with van der Waals surface area (Å²) in [7, 11) is 0. The Labute approximate surface area is 179 Å². The van der Waals surface area contributed by atoms with E-state index in [2.05, 4.69) is 5.32 Å². The molecular formula is C21H21ClN2O2S2. The van der Waals surface area contributed by atoms with Gasteiger partial charge in [0.05, 0.1) is 13.0 Å². The van der Waals surface area contributed by atoms with Gasteiger partial charge in [0.15, 0.2) is 0 Å². The number of nitrogens with zero attached hydrogens (tertiary/aromatic N) is 1. The molecule has 2 aromatic carbocycles. The molecule has 0 aliphatic carbocycles. The van der Waals surface area contributed by atoms with Gasteiger partial charge in [-0.25, -0.2) is 0 Å². The minimum Gasteiger partial charge on any atom is -0.343 e. The Morgan fingerprint density at radius 3 is 2.50 bits per heavy atom. The van der Waals surface area contributed by atoms with Gasteiger partial charge in [0, 0.05) is 9.77 Å². The summed E-state index contributed by atoms with van der Waals surface area (Å²) in [6.07, 6.45) is 0.223. The number of carbonyl (C=O) groups excluding carboxylic acids is 2. The van der Waals surface area contributed by atoms with E-state index in [1.165, 1.54) is 16.7 Å². The number of halogens is 1. The van der Waals surface area contributed by atoms with Crippen LogP contribution in [0.25, 0.3) is 0 Å². The van der Waals surface area contributed by atoms with E-state index in [9.17, 15) is 9.59 Å². The van der Waals surface area contributed by atoms with E-state index in [1.807, 2.05) is 62.4 Å². The van der Waals surface area contributed by atoms with Gasteiger partial charge in [-0.15, -0.1) is 0 Å². The quantitative estimate of drug-likeness (QED) is 0.719. The summed E-state index contributed by atoms with van der Waals surface area (Å²) in [6.45, 7) is 4.12. The lowest BCUT2D eigenvalue weighted by atomic mass is 10.00. The minimum absolute atomic E-state index is 0.191. The number of thioether (sulfide) groups is 1. The summed E-state index contributed by atoms with van der Waals surface area (Å²) >= 11 is 13.1. The topological polar surface area (TPSA) is 49.4 Å². The highest BCUT2D eigenvalue weighted by molar-refractivity contribution is 8.24. The van der Waals surface area contributed by atoms with Crippen molar-refractivity contribution in [2.75, 3.05) is 0 Å². The third kappa shape index (κ3) is 4.74. The number of hydrogen-bond acceptors (Lipinski definition) is 4. The van der Waals surface area contributed by atoms with E-state index in [0.29, 0.717) is 9.34 Å². The van der Waals surface area contributed by atoms with Gasteiger partial charge in [-0.3, -0.25) is 14.5 Å². The molecule has 1 saturated heterocycles. The standard InChI is InChI=1S/C21H21ClN2O2S2/c1-21(2)18(23-17(25)12-14-8-4-3-5-9-14)19(26)24(20(27)28-21)13-15-10-6-7-11-16(15)22/h3-11,18H,12-13H2,1-2H3,(H,23,25). The fourth-order valence-corrected chi connectivity index (χ4v) is 5.04. The zero-order valence-electron chi connectivity index (χ0n) is 15.6. The van der Waals surface area contributed by atoms with Crippen LogP contribution in [0.5, 0.6) is 0 Å². The van der Waals surface area contributed by atoms with Gasteiger partial charge >= 0.3 is 0 Å². The van der Waals surface area contributed by atoms with Crippen LogP contribution in [-0.4, -0.2) is 31.8 Å². The maximum absolute atomic E-state index is 13.2. The Hall–Kier alpha value is -1.89. The van der Waals surface area contributed by atoms with Crippen molar-refractivity contribution in [3.05, 3.63) is 70.7 Å². The number of rotatable bonds is 5. The second-order valence-electron chi connectivity index (χ2n) is 7.15. The Morgan fingerprint density at radius 1 is 1.18 bits per heavy atom. The van der Waals surface area contributed by atoms with Crippen molar-refractivity contribution >= 4 is 51.7 Å². The van der Waals surface area contributed by atoms with Crippen molar-refractivity contribution in [1.82, 2.24) is 10.2 Å². The lowest BCUT2D eigenvalue weighted by Crippen LogP contribution is -2.62. The van der Waals surface area contributed by atoms with Crippen LogP contribution >= 0.6 is 35.6 Å². The fraction of sp³-hybridized carbons (Fsp3) is 0.286. The van der Waals surface area contributed by atoms with Crippen molar-refractivity contribution in [1.29, 1.82) is 0 Å². The molecule has 0 bridgehead atoms. The Morgan fingerprint density at radius 2 is 1.82 bits per heavy atom. The van der Waals surface area contributed by atoms with Crippen LogP contribution in [0.4, 0.5) is 0 Å². The normalized spacial score (nSPS) is 18.8. The van der Waals surface area contributed by atoms with Crippen LogP contribution in [-0.2, 0) is 22.6 Å². The molecule has 1 aliphatic heterocycles. The average Bonchev–Trinajstić information content (AvgIpc) is 2.64. The zero-order valence-corrected chi connectivity index (χ0v) is 18.0. The van der Waals surface area contributed by atoms with E-state index in [0.717, 1.165) is 11.1 Å². The number of hydrogen-bond donors (Lipinski definition) is 1. The summed E-state index contributed by atoms with van der Waals surface area (Å²) in [5.41, 5.74) is 1.71.